The smallest absolute Gasteiger partial charge is 0.0207 e. The third-order valence-corrected chi connectivity index (χ3v) is 4.30. The van der Waals surface area contributed by atoms with Gasteiger partial charge in [0.2, 0.25) is 0 Å². The van der Waals surface area contributed by atoms with Gasteiger partial charge in [0.25, 0.3) is 0 Å². The standard InChI is InChI=1S/C11H23N3S/c1-13-4-2-11(10-13)12-3-5-14-6-8-15-9-7-14/h11-12H,2-10H2,1H3. The van der Waals surface area contributed by atoms with E-state index in [2.05, 4.69) is 33.9 Å². The van der Waals surface area contributed by atoms with E-state index in [1.54, 1.807) is 0 Å². The summed E-state index contributed by atoms with van der Waals surface area (Å²) in [6.45, 7) is 7.48. The molecule has 2 aliphatic rings. The van der Waals surface area contributed by atoms with Crippen molar-refractivity contribution in [2.75, 3.05) is 57.8 Å². The van der Waals surface area contributed by atoms with Crippen LogP contribution in [0.2, 0.25) is 0 Å². The van der Waals surface area contributed by atoms with Gasteiger partial charge >= 0.3 is 0 Å². The quantitative estimate of drug-likeness (QED) is 0.748. The largest absolute Gasteiger partial charge is 0.311 e. The van der Waals surface area contributed by atoms with E-state index in [1.807, 2.05) is 0 Å². The van der Waals surface area contributed by atoms with Crippen molar-refractivity contribution in [2.24, 2.45) is 0 Å². The van der Waals surface area contributed by atoms with Gasteiger partial charge in [-0.1, -0.05) is 0 Å². The molecule has 0 aliphatic carbocycles. The molecule has 1 N–H and O–H groups in total. The van der Waals surface area contributed by atoms with Crippen LogP contribution < -0.4 is 5.32 Å². The van der Waals surface area contributed by atoms with Crippen molar-refractivity contribution < 1.29 is 0 Å². The summed E-state index contributed by atoms with van der Waals surface area (Å²) in [5.41, 5.74) is 0. The van der Waals surface area contributed by atoms with E-state index in [9.17, 15) is 0 Å². The number of rotatable bonds is 4. The first-order valence-corrected chi connectivity index (χ1v) is 7.22. The molecule has 0 aromatic carbocycles. The Bertz CT molecular complexity index is 178. The lowest BCUT2D eigenvalue weighted by molar-refractivity contribution is 0.294. The fourth-order valence-electron chi connectivity index (χ4n) is 2.35. The Balaban J connectivity index is 1.54. The monoisotopic (exact) mass is 229 g/mol. The van der Waals surface area contributed by atoms with Gasteiger partial charge in [0, 0.05) is 50.3 Å². The highest BCUT2D eigenvalue weighted by molar-refractivity contribution is 7.99. The van der Waals surface area contributed by atoms with E-state index < -0.39 is 0 Å². The molecule has 88 valence electrons. The molecule has 2 aliphatic heterocycles. The van der Waals surface area contributed by atoms with Gasteiger partial charge in [-0.25, -0.2) is 0 Å². The van der Waals surface area contributed by atoms with Crippen LogP contribution in [-0.2, 0) is 0 Å². The molecular formula is C11H23N3S. The topological polar surface area (TPSA) is 18.5 Å². The molecule has 0 aromatic rings. The van der Waals surface area contributed by atoms with E-state index in [1.165, 1.54) is 57.2 Å². The lowest BCUT2D eigenvalue weighted by atomic mass is 10.2. The van der Waals surface area contributed by atoms with Crippen LogP contribution in [0.1, 0.15) is 6.42 Å². The van der Waals surface area contributed by atoms with Crippen molar-refractivity contribution in [3.05, 3.63) is 0 Å². The van der Waals surface area contributed by atoms with Gasteiger partial charge in [-0.05, 0) is 20.0 Å². The Morgan fingerprint density at radius 3 is 2.73 bits per heavy atom. The summed E-state index contributed by atoms with van der Waals surface area (Å²) in [4.78, 5) is 5.00. The zero-order valence-electron chi connectivity index (χ0n) is 9.74. The van der Waals surface area contributed by atoms with Crippen LogP contribution in [0.25, 0.3) is 0 Å². The van der Waals surface area contributed by atoms with Gasteiger partial charge in [-0.2, -0.15) is 11.8 Å². The second-order valence-corrected chi connectivity index (χ2v) is 5.88. The van der Waals surface area contributed by atoms with Gasteiger partial charge in [0.05, 0.1) is 0 Å². The zero-order chi connectivity index (χ0) is 10.5. The first-order chi connectivity index (χ1) is 7.34. The number of hydrogen-bond donors (Lipinski definition) is 1. The maximum absolute atomic E-state index is 3.67. The van der Waals surface area contributed by atoms with Crippen LogP contribution in [0, 0.1) is 0 Å². The molecule has 15 heavy (non-hydrogen) atoms. The third kappa shape index (κ3) is 3.94. The highest BCUT2D eigenvalue weighted by Gasteiger charge is 2.18. The number of hydrogen-bond acceptors (Lipinski definition) is 4. The molecule has 0 amide bonds. The Kier molecular flexibility index (Phi) is 4.75. The minimum Gasteiger partial charge on any atom is -0.311 e. The number of likely N-dealkylation sites (N-methyl/N-ethyl adjacent to an activating group) is 1. The van der Waals surface area contributed by atoms with Crippen molar-refractivity contribution in [1.82, 2.24) is 15.1 Å². The molecule has 1 unspecified atom stereocenters. The van der Waals surface area contributed by atoms with Crippen molar-refractivity contribution in [3.8, 4) is 0 Å². The Morgan fingerprint density at radius 2 is 2.07 bits per heavy atom. The van der Waals surface area contributed by atoms with Crippen LogP contribution >= 0.6 is 11.8 Å². The molecule has 0 aromatic heterocycles. The Hall–Kier alpha value is 0.230. The molecule has 0 saturated carbocycles. The summed E-state index contributed by atoms with van der Waals surface area (Å²) in [6.07, 6.45) is 1.33. The summed E-state index contributed by atoms with van der Waals surface area (Å²) >= 11 is 2.09. The summed E-state index contributed by atoms with van der Waals surface area (Å²) in [5, 5.41) is 3.67. The summed E-state index contributed by atoms with van der Waals surface area (Å²) < 4.78 is 0. The summed E-state index contributed by atoms with van der Waals surface area (Å²) in [6, 6.07) is 0.745. The van der Waals surface area contributed by atoms with Gasteiger partial charge in [0.15, 0.2) is 0 Å². The van der Waals surface area contributed by atoms with E-state index >= 15 is 0 Å². The lowest BCUT2D eigenvalue weighted by Gasteiger charge is -2.26. The van der Waals surface area contributed by atoms with Crippen molar-refractivity contribution in [3.63, 3.8) is 0 Å². The number of thioether (sulfide) groups is 1. The second-order valence-electron chi connectivity index (χ2n) is 4.66. The molecule has 0 spiro atoms. The van der Waals surface area contributed by atoms with Crippen LogP contribution in [0.3, 0.4) is 0 Å². The molecule has 1 atom stereocenters. The normalized spacial score (nSPS) is 29.8. The fraction of sp³-hybridized carbons (Fsp3) is 1.00. The molecule has 4 heteroatoms. The highest BCUT2D eigenvalue weighted by atomic mass is 32.2. The molecule has 3 nitrogen and oxygen atoms in total. The van der Waals surface area contributed by atoms with Crippen LogP contribution in [0.15, 0.2) is 0 Å². The van der Waals surface area contributed by atoms with Crippen molar-refractivity contribution in [2.45, 2.75) is 12.5 Å². The summed E-state index contributed by atoms with van der Waals surface area (Å²) in [5.74, 6) is 2.65. The number of nitrogens with one attached hydrogen (secondary N) is 1. The van der Waals surface area contributed by atoms with Crippen LogP contribution in [0.5, 0.6) is 0 Å². The zero-order valence-corrected chi connectivity index (χ0v) is 10.6. The van der Waals surface area contributed by atoms with Gasteiger partial charge in [-0.3, -0.25) is 0 Å². The number of likely N-dealkylation sites (tertiary alicyclic amines) is 1. The SMILES string of the molecule is CN1CCC(NCCN2CCSCC2)C1. The predicted octanol–water partition coefficient (Wildman–Crippen LogP) is 0.329. The molecule has 2 fully saturated rings. The Labute approximate surface area is 97.6 Å². The van der Waals surface area contributed by atoms with Gasteiger partial charge in [0.1, 0.15) is 0 Å². The first-order valence-electron chi connectivity index (χ1n) is 6.06. The van der Waals surface area contributed by atoms with Gasteiger partial charge in [-0.15, -0.1) is 0 Å². The van der Waals surface area contributed by atoms with E-state index in [4.69, 9.17) is 0 Å². The minimum atomic E-state index is 0.745. The van der Waals surface area contributed by atoms with E-state index in [0.29, 0.717) is 0 Å². The molecular weight excluding hydrogens is 206 g/mol. The number of nitrogens with zero attached hydrogens (tertiary/aromatic N) is 2. The van der Waals surface area contributed by atoms with Crippen LogP contribution in [-0.4, -0.2) is 73.7 Å². The maximum Gasteiger partial charge on any atom is 0.0207 e. The van der Waals surface area contributed by atoms with E-state index in [-0.39, 0.29) is 0 Å². The first kappa shape index (κ1) is 11.7. The van der Waals surface area contributed by atoms with Gasteiger partial charge < -0.3 is 15.1 Å². The van der Waals surface area contributed by atoms with Crippen molar-refractivity contribution in [1.29, 1.82) is 0 Å². The maximum atomic E-state index is 3.67. The van der Waals surface area contributed by atoms with Crippen molar-refractivity contribution >= 4 is 11.8 Å². The predicted molar refractivity (Wildman–Crippen MR) is 67.7 cm³/mol. The molecule has 0 radical (unpaired) electrons. The van der Waals surface area contributed by atoms with E-state index in [0.717, 1.165) is 6.04 Å². The average molecular weight is 229 g/mol. The lowest BCUT2D eigenvalue weighted by Crippen LogP contribution is -2.41. The summed E-state index contributed by atoms with van der Waals surface area (Å²) in [7, 11) is 2.21. The fourth-order valence-corrected chi connectivity index (χ4v) is 3.33. The average Bonchev–Trinajstić information content (AvgIpc) is 2.66. The second kappa shape index (κ2) is 6.09. The Morgan fingerprint density at radius 1 is 1.27 bits per heavy atom. The minimum absolute atomic E-state index is 0.745. The molecule has 2 saturated heterocycles. The third-order valence-electron chi connectivity index (χ3n) is 3.36. The molecule has 2 heterocycles. The molecule has 0 bridgehead atoms. The van der Waals surface area contributed by atoms with Crippen LogP contribution in [0.4, 0.5) is 0 Å². The highest BCUT2D eigenvalue weighted by Crippen LogP contribution is 2.09. The molecule has 2 rings (SSSR count).